The molecule has 0 spiro atoms. The molecule has 3 heterocycles. The number of hydrogen-bond donors (Lipinski definition) is 0. The average molecular weight is 399 g/mol. The van der Waals surface area contributed by atoms with Gasteiger partial charge in [0.05, 0.1) is 23.5 Å². The van der Waals surface area contributed by atoms with E-state index in [1.54, 1.807) is 20.8 Å². The van der Waals surface area contributed by atoms with Gasteiger partial charge >= 0.3 is 10.2 Å². The third kappa shape index (κ3) is 3.22. The fraction of sp³-hybridized carbons (Fsp3) is 0.222. The lowest BCUT2D eigenvalue weighted by Gasteiger charge is -2.22. The van der Waals surface area contributed by atoms with Crippen LogP contribution >= 0.6 is 0 Å². The molecule has 0 N–H and O–H groups in total. The van der Waals surface area contributed by atoms with Crippen molar-refractivity contribution in [3.63, 3.8) is 0 Å². The van der Waals surface area contributed by atoms with Crippen LogP contribution in [0, 0.1) is 13.8 Å². The van der Waals surface area contributed by atoms with Crippen LogP contribution in [0.1, 0.15) is 29.8 Å². The predicted molar refractivity (Wildman–Crippen MR) is 101 cm³/mol. The normalized spacial score (nSPS) is 16.0. The number of allylic oxidation sites excluding steroid dienone is 1. The zero-order valence-electron chi connectivity index (χ0n) is 15.4. The quantitative estimate of drug-likeness (QED) is 0.662. The fourth-order valence-corrected chi connectivity index (χ4v) is 3.92. The van der Waals surface area contributed by atoms with E-state index in [0.717, 1.165) is 9.87 Å². The molecular formula is C18H17N5O4S. The first kappa shape index (κ1) is 18.1. The summed E-state index contributed by atoms with van der Waals surface area (Å²) in [6.45, 7) is 5.12. The number of aromatic nitrogens is 3. The molecule has 28 heavy (non-hydrogen) atoms. The van der Waals surface area contributed by atoms with E-state index in [1.165, 1.54) is 6.20 Å². The molecule has 0 radical (unpaired) electrons. The maximum absolute atomic E-state index is 12.5. The third-order valence-corrected chi connectivity index (χ3v) is 5.73. The highest BCUT2D eigenvalue weighted by Crippen LogP contribution is 2.27. The van der Waals surface area contributed by atoms with Crippen molar-refractivity contribution in [1.82, 2.24) is 19.6 Å². The molecule has 4 rings (SSSR count). The van der Waals surface area contributed by atoms with Crippen molar-refractivity contribution in [1.29, 1.82) is 0 Å². The van der Waals surface area contributed by atoms with Crippen LogP contribution in [0.15, 0.2) is 50.0 Å². The first-order valence-corrected chi connectivity index (χ1v) is 9.86. The smallest absolute Gasteiger partial charge is 0.344 e. The Morgan fingerprint density at radius 3 is 2.46 bits per heavy atom. The summed E-state index contributed by atoms with van der Waals surface area (Å²) in [7, 11) is -3.88. The molecule has 1 aliphatic heterocycles. The maximum Gasteiger partial charge on any atom is 0.344 e. The minimum atomic E-state index is -3.88. The van der Waals surface area contributed by atoms with Gasteiger partial charge in [0, 0.05) is 17.3 Å². The molecule has 1 aromatic carbocycles. The van der Waals surface area contributed by atoms with Gasteiger partial charge in [-0.05, 0) is 20.8 Å². The van der Waals surface area contributed by atoms with Crippen molar-refractivity contribution >= 4 is 21.5 Å². The highest BCUT2D eigenvalue weighted by atomic mass is 32.2. The summed E-state index contributed by atoms with van der Waals surface area (Å²) in [5, 5.41) is 7.85. The third-order valence-electron chi connectivity index (χ3n) is 4.40. The summed E-state index contributed by atoms with van der Waals surface area (Å²) < 4.78 is 40.5. The van der Waals surface area contributed by atoms with Crippen LogP contribution < -0.4 is 0 Å². The number of rotatable bonds is 4. The van der Waals surface area contributed by atoms with Gasteiger partial charge in [0.25, 0.3) is 5.89 Å². The van der Waals surface area contributed by atoms with E-state index >= 15 is 0 Å². The molecule has 0 bridgehead atoms. The molecule has 1 aliphatic rings. The minimum absolute atomic E-state index is 0.0451. The largest absolute Gasteiger partial charge is 0.361 e. The molecule has 10 heteroatoms. The van der Waals surface area contributed by atoms with Gasteiger partial charge in [-0.15, -0.1) is 4.40 Å². The Balaban J connectivity index is 1.71. The van der Waals surface area contributed by atoms with Crippen LogP contribution in [0.5, 0.6) is 0 Å². The lowest BCUT2D eigenvalue weighted by molar-refractivity contribution is 0.390. The summed E-state index contributed by atoms with van der Waals surface area (Å²) in [5.41, 5.74) is 2.82. The van der Waals surface area contributed by atoms with E-state index in [-0.39, 0.29) is 18.1 Å². The number of aryl methyl sites for hydroxylation is 2. The van der Waals surface area contributed by atoms with Gasteiger partial charge in [-0.2, -0.15) is 13.4 Å². The summed E-state index contributed by atoms with van der Waals surface area (Å²) in [5.74, 6) is 1.16. The van der Waals surface area contributed by atoms with Gasteiger partial charge < -0.3 is 9.05 Å². The van der Waals surface area contributed by atoms with Crippen LogP contribution in [0.4, 0.5) is 0 Å². The fourth-order valence-electron chi connectivity index (χ4n) is 2.84. The summed E-state index contributed by atoms with van der Waals surface area (Å²) in [6, 6.07) is 9.35. The Hall–Kier alpha value is -3.27. The maximum atomic E-state index is 12.5. The molecule has 144 valence electrons. The molecule has 2 aromatic heterocycles. The van der Waals surface area contributed by atoms with E-state index < -0.39 is 10.2 Å². The number of nitrogens with zero attached hydrogens (tertiary/aromatic N) is 5. The first-order chi connectivity index (χ1) is 13.3. The Morgan fingerprint density at radius 1 is 1.04 bits per heavy atom. The van der Waals surface area contributed by atoms with Crippen molar-refractivity contribution in [2.45, 2.75) is 27.3 Å². The summed E-state index contributed by atoms with van der Waals surface area (Å²) >= 11 is 0. The first-order valence-electron chi connectivity index (χ1n) is 8.47. The number of hydrogen-bond acceptors (Lipinski definition) is 7. The summed E-state index contributed by atoms with van der Waals surface area (Å²) in [6.07, 6.45) is 1.45. The molecular weight excluding hydrogens is 382 g/mol. The van der Waals surface area contributed by atoms with Crippen molar-refractivity contribution in [3.05, 3.63) is 59.4 Å². The van der Waals surface area contributed by atoms with Gasteiger partial charge in [0.2, 0.25) is 5.82 Å². The lowest BCUT2D eigenvalue weighted by Crippen LogP contribution is -2.29. The number of benzene rings is 1. The van der Waals surface area contributed by atoms with Crippen molar-refractivity contribution in [2.75, 3.05) is 0 Å². The highest BCUT2D eigenvalue weighted by molar-refractivity contribution is 7.88. The van der Waals surface area contributed by atoms with E-state index in [4.69, 9.17) is 9.05 Å². The Morgan fingerprint density at radius 2 is 1.79 bits per heavy atom. The predicted octanol–water partition coefficient (Wildman–Crippen LogP) is 2.90. The Kier molecular flexibility index (Phi) is 4.34. The highest BCUT2D eigenvalue weighted by Gasteiger charge is 2.29. The molecule has 0 saturated carbocycles. The average Bonchev–Trinajstić information content (AvgIpc) is 3.26. The van der Waals surface area contributed by atoms with E-state index in [1.807, 2.05) is 30.3 Å². The second-order valence-corrected chi connectivity index (χ2v) is 7.88. The zero-order chi connectivity index (χ0) is 19.9. The molecule has 9 nitrogen and oxygen atoms in total. The molecule has 0 atom stereocenters. The van der Waals surface area contributed by atoms with Gasteiger partial charge in [0.1, 0.15) is 5.76 Å². The molecule has 0 unspecified atom stereocenters. The Bertz CT molecular complexity index is 1170. The molecule has 0 amide bonds. The standard InChI is InChI=1S/C18H17N5O4S/c1-11-15(13(3)26-20-11)9-23-10-16(12(2)22-28(23,24)25)18-19-17(21-27-18)14-7-5-4-6-8-14/h4-8,10H,9H2,1-3H3. The van der Waals surface area contributed by atoms with Crippen molar-refractivity contribution in [2.24, 2.45) is 4.40 Å². The van der Waals surface area contributed by atoms with Crippen LogP contribution in [0.25, 0.3) is 17.0 Å². The zero-order valence-corrected chi connectivity index (χ0v) is 16.3. The van der Waals surface area contributed by atoms with Gasteiger partial charge in [-0.25, -0.2) is 0 Å². The van der Waals surface area contributed by atoms with Crippen molar-refractivity contribution in [3.8, 4) is 11.4 Å². The van der Waals surface area contributed by atoms with Crippen LogP contribution in [0.3, 0.4) is 0 Å². The topological polar surface area (TPSA) is 115 Å². The van der Waals surface area contributed by atoms with E-state index in [9.17, 15) is 8.42 Å². The molecule has 0 fully saturated rings. The monoisotopic (exact) mass is 399 g/mol. The van der Waals surface area contributed by atoms with Crippen molar-refractivity contribution < 1.29 is 17.5 Å². The van der Waals surface area contributed by atoms with E-state index in [0.29, 0.717) is 28.4 Å². The second kappa shape index (κ2) is 6.71. The van der Waals surface area contributed by atoms with Gasteiger partial charge in [0.15, 0.2) is 0 Å². The minimum Gasteiger partial charge on any atom is -0.361 e. The van der Waals surface area contributed by atoms with Gasteiger partial charge in [-0.1, -0.05) is 40.6 Å². The molecule has 0 saturated heterocycles. The summed E-state index contributed by atoms with van der Waals surface area (Å²) in [4.78, 5) is 4.39. The molecule has 0 aliphatic carbocycles. The van der Waals surface area contributed by atoms with Crippen LogP contribution in [-0.2, 0) is 16.8 Å². The SMILES string of the molecule is CC1=NS(=O)(=O)N(Cc2c(C)noc2C)C=C1c1nc(-c2ccccc2)no1. The van der Waals surface area contributed by atoms with Crippen LogP contribution in [-0.4, -0.2) is 33.7 Å². The molecule has 3 aromatic rings. The van der Waals surface area contributed by atoms with Crippen LogP contribution in [0.2, 0.25) is 0 Å². The second-order valence-electron chi connectivity index (χ2n) is 6.33. The Labute approximate surface area is 161 Å². The van der Waals surface area contributed by atoms with E-state index in [2.05, 4.69) is 19.7 Å². The van der Waals surface area contributed by atoms with Gasteiger partial charge in [-0.3, -0.25) is 4.31 Å². The lowest BCUT2D eigenvalue weighted by atomic mass is 10.1.